The van der Waals surface area contributed by atoms with Crippen molar-refractivity contribution in [2.45, 2.75) is 17.7 Å². The van der Waals surface area contributed by atoms with Gasteiger partial charge in [-0.3, -0.25) is 4.79 Å². The van der Waals surface area contributed by atoms with Crippen molar-refractivity contribution in [1.82, 2.24) is 9.78 Å². The summed E-state index contributed by atoms with van der Waals surface area (Å²) in [6.07, 6.45) is -4.50. The summed E-state index contributed by atoms with van der Waals surface area (Å²) in [7, 11) is 0. The molecule has 0 spiro atoms. The summed E-state index contributed by atoms with van der Waals surface area (Å²) in [4.78, 5) is 12.6. The van der Waals surface area contributed by atoms with Crippen LogP contribution in [-0.4, -0.2) is 15.7 Å². The lowest BCUT2D eigenvalue weighted by atomic mass is 10.1. The first-order chi connectivity index (χ1) is 12.9. The fourth-order valence-electron chi connectivity index (χ4n) is 2.91. The van der Waals surface area contributed by atoms with E-state index in [-0.39, 0.29) is 5.56 Å². The van der Waals surface area contributed by atoms with Crippen LogP contribution >= 0.6 is 11.8 Å². The van der Waals surface area contributed by atoms with Gasteiger partial charge in [-0.25, -0.2) is 4.68 Å². The van der Waals surface area contributed by atoms with Crippen molar-refractivity contribution < 1.29 is 18.0 Å². The van der Waals surface area contributed by atoms with E-state index in [1.165, 1.54) is 12.1 Å². The molecule has 0 saturated carbocycles. The average molecular weight is 389 g/mol. The maximum Gasteiger partial charge on any atom is 0.416 e. The Morgan fingerprint density at radius 1 is 1.07 bits per heavy atom. The minimum atomic E-state index is -4.50. The van der Waals surface area contributed by atoms with E-state index in [0.717, 1.165) is 34.8 Å². The number of benzene rings is 2. The van der Waals surface area contributed by atoms with Crippen molar-refractivity contribution in [2.75, 3.05) is 5.32 Å². The Morgan fingerprint density at radius 2 is 1.85 bits per heavy atom. The van der Waals surface area contributed by atoms with Gasteiger partial charge in [-0.05, 0) is 30.3 Å². The third kappa shape index (κ3) is 3.44. The maximum atomic E-state index is 12.9. The molecule has 8 heteroatoms. The molecular weight excluding hydrogens is 375 g/mol. The van der Waals surface area contributed by atoms with Gasteiger partial charge in [0, 0.05) is 22.6 Å². The van der Waals surface area contributed by atoms with Gasteiger partial charge in [-0.2, -0.15) is 30.0 Å². The summed E-state index contributed by atoms with van der Waals surface area (Å²) in [6, 6.07) is 13.7. The van der Waals surface area contributed by atoms with Crippen molar-refractivity contribution in [1.29, 1.82) is 0 Å². The fourth-order valence-corrected chi connectivity index (χ4v) is 3.95. The van der Waals surface area contributed by atoms with E-state index >= 15 is 0 Å². The van der Waals surface area contributed by atoms with Crippen LogP contribution in [0.3, 0.4) is 0 Å². The number of carbonyl (C=O) groups is 1. The van der Waals surface area contributed by atoms with Crippen molar-refractivity contribution in [3.63, 3.8) is 0 Å². The first-order valence-electron chi connectivity index (χ1n) is 8.16. The molecule has 1 N–H and O–H groups in total. The highest BCUT2D eigenvalue weighted by atomic mass is 32.2. The second-order valence-electron chi connectivity index (χ2n) is 6.05. The van der Waals surface area contributed by atoms with E-state index in [4.69, 9.17) is 0 Å². The number of para-hydroxylation sites is 1. The molecule has 4 rings (SSSR count). The zero-order valence-corrected chi connectivity index (χ0v) is 14.8. The minimum absolute atomic E-state index is 0.0509. The molecule has 4 nitrogen and oxygen atoms in total. The van der Waals surface area contributed by atoms with Crippen LogP contribution in [0.25, 0.3) is 5.69 Å². The van der Waals surface area contributed by atoms with E-state index in [0.29, 0.717) is 11.6 Å². The van der Waals surface area contributed by atoms with Crippen LogP contribution in [0.2, 0.25) is 0 Å². The van der Waals surface area contributed by atoms with Gasteiger partial charge in [0.05, 0.1) is 16.9 Å². The first-order valence-corrected chi connectivity index (χ1v) is 9.31. The number of amides is 1. The van der Waals surface area contributed by atoms with Crippen molar-refractivity contribution in [3.05, 3.63) is 77.0 Å². The Bertz CT molecular complexity index is 999. The molecule has 0 aliphatic carbocycles. The standard InChI is InChI=1S/C19H14F3N3OS/c20-19(21,22)13-6-4-5-12(9-13)18(26)23-17-15-10-27-11-16(15)24-25(17)14-7-2-1-3-8-14/h1-9H,10-11H2,(H,23,26). The normalized spacial score (nSPS) is 13.4. The summed E-state index contributed by atoms with van der Waals surface area (Å²) in [6.45, 7) is 0. The molecule has 138 valence electrons. The Hall–Kier alpha value is -2.74. The number of aromatic nitrogens is 2. The number of halogens is 3. The predicted octanol–water partition coefficient (Wildman–Crippen LogP) is 4.89. The van der Waals surface area contributed by atoms with E-state index < -0.39 is 17.6 Å². The summed E-state index contributed by atoms with van der Waals surface area (Å²) in [5.74, 6) is 1.34. The number of carbonyl (C=O) groups excluding carboxylic acids is 1. The summed E-state index contributed by atoms with van der Waals surface area (Å²) < 4.78 is 40.4. The number of thioether (sulfide) groups is 1. The van der Waals surface area contributed by atoms with Gasteiger partial charge < -0.3 is 5.32 Å². The summed E-state index contributed by atoms with van der Waals surface area (Å²) in [5, 5.41) is 7.33. The smallest absolute Gasteiger partial charge is 0.306 e. The third-order valence-electron chi connectivity index (χ3n) is 4.24. The van der Waals surface area contributed by atoms with Gasteiger partial charge >= 0.3 is 6.18 Å². The highest BCUT2D eigenvalue weighted by molar-refractivity contribution is 7.98. The third-order valence-corrected chi connectivity index (χ3v) is 5.21. The van der Waals surface area contributed by atoms with Crippen LogP contribution in [0, 0.1) is 0 Å². The lowest BCUT2D eigenvalue weighted by Crippen LogP contribution is -2.17. The Labute approximate surface area is 157 Å². The fraction of sp³-hybridized carbons (Fsp3) is 0.158. The monoisotopic (exact) mass is 389 g/mol. The van der Waals surface area contributed by atoms with Crippen LogP contribution < -0.4 is 5.32 Å². The number of hydrogen-bond acceptors (Lipinski definition) is 3. The van der Waals surface area contributed by atoms with Gasteiger partial charge in [-0.15, -0.1) is 0 Å². The largest absolute Gasteiger partial charge is 0.416 e. The molecule has 0 fully saturated rings. The molecule has 2 heterocycles. The quantitative estimate of drug-likeness (QED) is 0.694. The van der Waals surface area contributed by atoms with Crippen molar-refractivity contribution >= 4 is 23.5 Å². The van der Waals surface area contributed by atoms with E-state index in [1.807, 2.05) is 30.3 Å². The summed E-state index contributed by atoms with van der Waals surface area (Å²) >= 11 is 1.68. The van der Waals surface area contributed by atoms with Gasteiger partial charge in [0.25, 0.3) is 5.91 Å². The molecule has 0 radical (unpaired) electrons. The lowest BCUT2D eigenvalue weighted by molar-refractivity contribution is -0.137. The second-order valence-corrected chi connectivity index (χ2v) is 7.03. The molecule has 0 bridgehead atoms. The molecule has 0 saturated heterocycles. The molecule has 1 aromatic heterocycles. The van der Waals surface area contributed by atoms with Crippen LogP contribution in [-0.2, 0) is 17.7 Å². The average Bonchev–Trinajstić information content (AvgIpc) is 3.24. The van der Waals surface area contributed by atoms with Crippen LogP contribution in [0.4, 0.5) is 19.0 Å². The molecule has 0 atom stereocenters. The molecule has 0 unspecified atom stereocenters. The van der Waals surface area contributed by atoms with Crippen molar-refractivity contribution in [2.24, 2.45) is 0 Å². The Balaban J connectivity index is 1.70. The zero-order chi connectivity index (χ0) is 19.0. The number of nitrogens with zero attached hydrogens (tertiary/aromatic N) is 2. The highest BCUT2D eigenvalue weighted by Gasteiger charge is 2.31. The molecule has 27 heavy (non-hydrogen) atoms. The topological polar surface area (TPSA) is 46.9 Å². The lowest BCUT2D eigenvalue weighted by Gasteiger charge is -2.12. The van der Waals surface area contributed by atoms with Crippen molar-refractivity contribution in [3.8, 4) is 5.69 Å². The number of fused-ring (bicyclic) bond motifs is 1. The number of nitrogens with one attached hydrogen (secondary N) is 1. The second kappa shape index (κ2) is 6.77. The predicted molar refractivity (Wildman–Crippen MR) is 98.0 cm³/mol. The Kier molecular flexibility index (Phi) is 4.43. The highest BCUT2D eigenvalue weighted by Crippen LogP contribution is 2.36. The van der Waals surface area contributed by atoms with E-state index in [9.17, 15) is 18.0 Å². The SMILES string of the molecule is O=C(Nc1c2c(nn1-c1ccccc1)CSC2)c1cccc(C(F)(F)F)c1. The Morgan fingerprint density at radius 3 is 2.59 bits per heavy atom. The first kappa shape index (κ1) is 17.7. The maximum absolute atomic E-state index is 12.9. The van der Waals surface area contributed by atoms with Gasteiger partial charge in [-0.1, -0.05) is 24.3 Å². The van der Waals surface area contributed by atoms with Gasteiger partial charge in [0.15, 0.2) is 0 Å². The number of rotatable bonds is 3. The molecule has 1 amide bonds. The van der Waals surface area contributed by atoms with Crippen LogP contribution in [0.1, 0.15) is 27.2 Å². The van der Waals surface area contributed by atoms with E-state index in [1.54, 1.807) is 16.4 Å². The summed E-state index contributed by atoms with van der Waals surface area (Å²) in [5.41, 5.74) is 1.65. The number of anilines is 1. The zero-order valence-electron chi connectivity index (χ0n) is 14.0. The molecule has 1 aliphatic rings. The molecule has 3 aromatic rings. The van der Waals surface area contributed by atoms with Crippen LogP contribution in [0.5, 0.6) is 0 Å². The van der Waals surface area contributed by atoms with Gasteiger partial charge in [0.1, 0.15) is 5.82 Å². The molecule has 1 aliphatic heterocycles. The minimum Gasteiger partial charge on any atom is -0.306 e. The molecular formula is C19H14F3N3OS. The number of hydrogen-bond donors (Lipinski definition) is 1. The molecule has 2 aromatic carbocycles. The number of alkyl halides is 3. The van der Waals surface area contributed by atoms with Gasteiger partial charge in [0.2, 0.25) is 0 Å². The van der Waals surface area contributed by atoms with E-state index in [2.05, 4.69) is 10.4 Å². The van der Waals surface area contributed by atoms with Crippen LogP contribution in [0.15, 0.2) is 54.6 Å².